The number of carbonyl (C=O) groups is 1. The van der Waals surface area contributed by atoms with Gasteiger partial charge in [0.25, 0.3) is 0 Å². The molecule has 1 aliphatic heterocycles. The molecule has 0 atom stereocenters. The van der Waals surface area contributed by atoms with Crippen molar-refractivity contribution in [3.63, 3.8) is 0 Å². The van der Waals surface area contributed by atoms with Crippen LogP contribution in [0.2, 0.25) is 5.02 Å². The van der Waals surface area contributed by atoms with Crippen LogP contribution >= 0.6 is 43.2 Å². The minimum atomic E-state index is -1.38. The van der Waals surface area contributed by atoms with Gasteiger partial charge in [0.05, 0.1) is 0 Å². The summed E-state index contributed by atoms with van der Waals surface area (Å²) in [6, 6.07) is 15.0. The van der Waals surface area contributed by atoms with Crippen molar-refractivity contribution in [2.45, 2.75) is 25.1 Å². The fourth-order valence-corrected chi connectivity index (χ4v) is 6.61. The quantitative estimate of drug-likeness (QED) is 0.345. The van der Waals surface area contributed by atoms with Gasteiger partial charge >= 0.3 is 6.03 Å². The average molecular weight is 442 g/mol. The van der Waals surface area contributed by atoms with Gasteiger partial charge in [-0.05, 0) is 48.2 Å². The van der Waals surface area contributed by atoms with Gasteiger partial charge in [0.15, 0.2) is 0 Å². The van der Waals surface area contributed by atoms with E-state index in [4.69, 9.17) is 34.9 Å². The molecule has 2 N–H and O–H groups in total. The van der Waals surface area contributed by atoms with Crippen LogP contribution < -0.4 is 10.6 Å². The van der Waals surface area contributed by atoms with Gasteiger partial charge in [-0.15, -0.1) is 23.3 Å². The Kier molecular flexibility index (Phi) is 7.28. The van der Waals surface area contributed by atoms with Crippen molar-refractivity contribution in [2.24, 2.45) is 0 Å². The number of hydrogen-bond acceptors (Lipinski definition) is 4. The van der Waals surface area contributed by atoms with Gasteiger partial charge in [0.2, 0.25) is 0 Å². The van der Waals surface area contributed by atoms with E-state index in [1.807, 2.05) is 48.5 Å². The van der Waals surface area contributed by atoms with Crippen molar-refractivity contribution < 1.29 is 4.79 Å². The van der Waals surface area contributed by atoms with E-state index in [0.29, 0.717) is 11.6 Å². The summed E-state index contributed by atoms with van der Waals surface area (Å²) in [7, 11) is -1.38. The molecular weight excluding hydrogens is 418 g/mol. The highest BCUT2D eigenvalue weighted by Crippen LogP contribution is 2.63. The third kappa shape index (κ3) is 6.26. The molecular formula is C19H24ClN3OS3. The number of nitrogens with zero attached hydrogens (tertiary/aromatic N) is 1. The normalized spacial score (nSPS) is 15.5. The van der Waals surface area contributed by atoms with E-state index in [2.05, 4.69) is 14.9 Å². The Morgan fingerprint density at radius 3 is 2.22 bits per heavy atom. The molecule has 1 fully saturated rings. The summed E-state index contributed by atoms with van der Waals surface area (Å²) >= 11 is 15.5. The Morgan fingerprint density at radius 1 is 1.00 bits per heavy atom. The number of anilines is 1. The number of nitrogens with one attached hydrogen (secondary N) is 2. The second-order valence-corrected chi connectivity index (χ2v) is 13.5. The second kappa shape index (κ2) is 9.47. The summed E-state index contributed by atoms with van der Waals surface area (Å²) in [6.45, 7) is 2.60. The van der Waals surface area contributed by atoms with E-state index in [1.165, 1.54) is 18.4 Å². The van der Waals surface area contributed by atoms with Crippen molar-refractivity contribution >= 4 is 54.9 Å². The average Bonchev–Trinajstić information content (AvgIpc) is 3.18. The molecule has 2 aromatic carbocycles. The zero-order valence-electron chi connectivity index (χ0n) is 14.9. The molecule has 2 amide bonds. The first kappa shape index (κ1) is 20.7. The van der Waals surface area contributed by atoms with E-state index < -0.39 is 8.28 Å². The van der Waals surface area contributed by atoms with Crippen LogP contribution in [-0.4, -0.2) is 23.4 Å². The van der Waals surface area contributed by atoms with Gasteiger partial charge in [-0.2, -0.15) is 0 Å². The molecule has 3 rings (SSSR count). The molecule has 1 heterocycles. The second-order valence-electron chi connectivity index (χ2n) is 6.54. The van der Waals surface area contributed by atoms with Gasteiger partial charge < -0.3 is 10.6 Å². The summed E-state index contributed by atoms with van der Waals surface area (Å²) in [5.74, 6) is 0.822. The first-order chi connectivity index (χ1) is 12.9. The molecule has 0 saturated carbocycles. The number of hydrogen-bond donors (Lipinski definition) is 4. The van der Waals surface area contributed by atoms with Crippen LogP contribution in [0.5, 0.6) is 0 Å². The van der Waals surface area contributed by atoms with Gasteiger partial charge in [0.1, 0.15) is 0 Å². The number of carbonyl (C=O) groups excluding carboxylic acids is 1. The lowest BCUT2D eigenvalue weighted by molar-refractivity contribution is 0.251. The molecule has 0 aliphatic carbocycles. The van der Waals surface area contributed by atoms with Crippen LogP contribution in [0.3, 0.4) is 0 Å². The van der Waals surface area contributed by atoms with Gasteiger partial charge in [-0.25, -0.2) is 4.79 Å². The molecule has 0 aromatic heterocycles. The fraction of sp³-hybridized carbons (Fsp3) is 0.316. The summed E-state index contributed by atoms with van der Waals surface area (Å²) in [5, 5.41) is 6.37. The predicted octanol–water partition coefficient (Wildman–Crippen LogP) is 5.67. The summed E-state index contributed by atoms with van der Waals surface area (Å²) < 4.78 is 2.38. The Bertz CT molecular complexity index is 763. The topological polar surface area (TPSA) is 44.4 Å². The smallest absolute Gasteiger partial charge is 0.319 e. The first-order valence-corrected chi connectivity index (χ1v) is 13.1. The van der Waals surface area contributed by atoms with E-state index in [-0.39, 0.29) is 6.03 Å². The van der Waals surface area contributed by atoms with Crippen LogP contribution in [0.15, 0.2) is 48.5 Å². The first-order valence-electron chi connectivity index (χ1n) is 8.82. The molecule has 0 radical (unpaired) electrons. The zero-order chi connectivity index (χ0) is 19.3. The molecule has 0 unspecified atom stereocenters. The van der Waals surface area contributed by atoms with E-state index in [1.54, 1.807) is 0 Å². The molecule has 4 nitrogen and oxygen atoms in total. The lowest BCUT2D eigenvalue weighted by Crippen LogP contribution is -2.28. The Morgan fingerprint density at radius 2 is 1.59 bits per heavy atom. The van der Waals surface area contributed by atoms with Gasteiger partial charge in [0, 0.05) is 36.1 Å². The molecule has 27 heavy (non-hydrogen) atoms. The minimum absolute atomic E-state index is 0.238. The molecule has 8 heteroatoms. The lowest BCUT2D eigenvalue weighted by Gasteiger charge is -2.38. The molecule has 2 aromatic rings. The Labute approximate surface area is 177 Å². The monoisotopic (exact) mass is 441 g/mol. The summed E-state index contributed by atoms with van der Waals surface area (Å²) in [6.07, 6.45) is 2.45. The standard InChI is InChI=1S/C19H24ClN3OS3/c20-17-7-3-15(4-8-17)13-21-19(24)22-18-9-5-16(6-10-18)14-27(25,26)23-11-1-2-12-23/h3-10,25-26H,1-2,11-14H2,(H2,21,22,24). The highest BCUT2D eigenvalue weighted by molar-refractivity contribution is 9.16. The number of halogens is 1. The highest BCUT2D eigenvalue weighted by Gasteiger charge is 2.26. The molecule has 0 bridgehead atoms. The van der Waals surface area contributed by atoms with Crippen molar-refractivity contribution in [2.75, 3.05) is 18.4 Å². The van der Waals surface area contributed by atoms with Crippen LogP contribution in [0.1, 0.15) is 24.0 Å². The molecule has 1 aliphatic rings. The summed E-state index contributed by atoms with van der Waals surface area (Å²) in [5.41, 5.74) is 2.93. The maximum atomic E-state index is 12.1. The SMILES string of the molecule is O=C(NCc1ccc(Cl)cc1)Nc1ccc(CS(S)(S)N2CCCC2)cc1. The Balaban J connectivity index is 1.49. The Hall–Kier alpha value is -0.990. The number of thiol groups is 2. The lowest BCUT2D eigenvalue weighted by atomic mass is 10.2. The van der Waals surface area contributed by atoms with Gasteiger partial charge in [-0.3, -0.25) is 4.31 Å². The van der Waals surface area contributed by atoms with Crippen LogP contribution in [0, 0.1) is 0 Å². The zero-order valence-corrected chi connectivity index (χ0v) is 18.3. The number of rotatable bonds is 6. The van der Waals surface area contributed by atoms with Crippen LogP contribution in [0.4, 0.5) is 10.5 Å². The highest BCUT2D eigenvalue weighted by atomic mass is 35.5. The van der Waals surface area contributed by atoms with Gasteiger partial charge in [-0.1, -0.05) is 44.1 Å². The van der Waals surface area contributed by atoms with Crippen molar-refractivity contribution in [1.82, 2.24) is 9.62 Å². The van der Waals surface area contributed by atoms with E-state index in [0.717, 1.165) is 30.1 Å². The van der Waals surface area contributed by atoms with Crippen molar-refractivity contribution in [3.05, 3.63) is 64.7 Å². The van der Waals surface area contributed by atoms with Crippen LogP contribution in [-0.2, 0) is 12.3 Å². The number of amides is 2. The maximum absolute atomic E-state index is 12.1. The molecule has 146 valence electrons. The maximum Gasteiger partial charge on any atom is 0.319 e. The summed E-state index contributed by atoms with van der Waals surface area (Å²) in [4.78, 5) is 12.1. The van der Waals surface area contributed by atoms with E-state index >= 15 is 0 Å². The predicted molar refractivity (Wildman–Crippen MR) is 124 cm³/mol. The van der Waals surface area contributed by atoms with E-state index in [9.17, 15) is 4.79 Å². The molecule has 0 spiro atoms. The van der Waals surface area contributed by atoms with Crippen molar-refractivity contribution in [3.8, 4) is 0 Å². The third-order valence-corrected chi connectivity index (χ3v) is 8.74. The minimum Gasteiger partial charge on any atom is -0.334 e. The number of benzene rings is 2. The van der Waals surface area contributed by atoms with Crippen LogP contribution in [0.25, 0.3) is 0 Å². The fourth-order valence-electron chi connectivity index (χ4n) is 2.94. The molecule has 1 saturated heterocycles. The largest absolute Gasteiger partial charge is 0.334 e. The number of urea groups is 1. The van der Waals surface area contributed by atoms with Crippen molar-refractivity contribution in [1.29, 1.82) is 0 Å². The third-order valence-electron chi connectivity index (χ3n) is 4.42.